The topological polar surface area (TPSA) is 12.0 Å². The fraction of sp³-hybridized carbons (Fsp3) is 0.538. The summed E-state index contributed by atoms with van der Waals surface area (Å²) in [4.78, 5) is 0. The molecule has 1 aromatic rings. The first-order valence-corrected chi connectivity index (χ1v) is 5.51. The van der Waals surface area contributed by atoms with Gasteiger partial charge in [-0.05, 0) is 44.3 Å². The molecule has 0 aromatic heterocycles. The van der Waals surface area contributed by atoms with E-state index in [-0.39, 0.29) is 0 Å². The van der Waals surface area contributed by atoms with E-state index in [9.17, 15) is 0 Å². The highest BCUT2D eigenvalue weighted by molar-refractivity contribution is 5.14. The Morgan fingerprint density at radius 1 is 1.21 bits per heavy atom. The SMILES string of the molecule is CNCC(C)CCCc1ccccc1. The lowest BCUT2D eigenvalue weighted by Gasteiger charge is -2.09. The van der Waals surface area contributed by atoms with Gasteiger partial charge in [0.1, 0.15) is 0 Å². The highest BCUT2D eigenvalue weighted by atomic mass is 14.8. The van der Waals surface area contributed by atoms with Gasteiger partial charge in [0.15, 0.2) is 0 Å². The fourth-order valence-corrected chi connectivity index (χ4v) is 1.75. The average Bonchev–Trinajstić information content (AvgIpc) is 2.20. The minimum atomic E-state index is 0.795. The molecular weight excluding hydrogens is 170 g/mol. The van der Waals surface area contributed by atoms with Gasteiger partial charge in [0.25, 0.3) is 0 Å². The van der Waals surface area contributed by atoms with Gasteiger partial charge < -0.3 is 5.32 Å². The molecule has 1 nitrogen and oxygen atoms in total. The Bertz CT molecular complexity index is 230. The smallest absolute Gasteiger partial charge is 0.00262 e. The van der Waals surface area contributed by atoms with Crippen molar-refractivity contribution in [3.63, 3.8) is 0 Å². The van der Waals surface area contributed by atoms with E-state index in [0.717, 1.165) is 12.5 Å². The maximum atomic E-state index is 3.22. The minimum absolute atomic E-state index is 0.795. The Balaban J connectivity index is 2.16. The predicted molar refractivity (Wildman–Crippen MR) is 62.5 cm³/mol. The number of rotatable bonds is 6. The van der Waals surface area contributed by atoms with E-state index in [1.807, 2.05) is 7.05 Å². The molecule has 0 heterocycles. The maximum Gasteiger partial charge on any atom is -0.00262 e. The molecule has 0 amide bonds. The van der Waals surface area contributed by atoms with E-state index in [4.69, 9.17) is 0 Å². The van der Waals surface area contributed by atoms with Crippen LogP contribution in [-0.4, -0.2) is 13.6 Å². The Labute approximate surface area is 87.5 Å². The zero-order chi connectivity index (χ0) is 10.2. The Morgan fingerprint density at radius 2 is 1.93 bits per heavy atom. The molecule has 1 N–H and O–H groups in total. The van der Waals surface area contributed by atoms with Gasteiger partial charge in [-0.3, -0.25) is 0 Å². The summed E-state index contributed by atoms with van der Waals surface area (Å²) in [6, 6.07) is 10.7. The second-order valence-corrected chi connectivity index (χ2v) is 4.04. The molecule has 1 heteroatoms. The van der Waals surface area contributed by atoms with E-state index in [0.29, 0.717) is 0 Å². The van der Waals surface area contributed by atoms with E-state index >= 15 is 0 Å². The van der Waals surface area contributed by atoms with Crippen molar-refractivity contribution in [3.05, 3.63) is 35.9 Å². The number of nitrogens with one attached hydrogen (secondary N) is 1. The van der Waals surface area contributed by atoms with Gasteiger partial charge in [-0.25, -0.2) is 0 Å². The van der Waals surface area contributed by atoms with Gasteiger partial charge in [-0.1, -0.05) is 37.3 Å². The van der Waals surface area contributed by atoms with Crippen LogP contribution in [0.5, 0.6) is 0 Å². The van der Waals surface area contributed by atoms with Crippen molar-refractivity contribution in [1.82, 2.24) is 5.32 Å². The van der Waals surface area contributed by atoms with Crippen LogP contribution in [0.15, 0.2) is 30.3 Å². The first-order chi connectivity index (χ1) is 6.83. The lowest BCUT2D eigenvalue weighted by Crippen LogP contribution is -2.16. The summed E-state index contributed by atoms with van der Waals surface area (Å²) < 4.78 is 0. The van der Waals surface area contributed by atoms with Crippen LogP contribution in [0.1, 0.15) is 25.3 Å². The van der Waals surface area contributed by atoms with E-state index < -0.39 is 0 Å². The molecule has 1 rings (SSSR count). The normalized spacial score (nSPS) is 12.7. The van der Waals surface area contributed by atoms with Crippen molar-refractivity contribution >= 4 is 0 Å². The summed E-state index contributed by atoms with van der Waals surface area (Å²) in [6.45, 7) is 3.44. The van der Waals surface area contributed by atoms with Crippen LogP contribution in [0, 0.1) is 5.92 Å². The molecule has 0 spiro atoms. The van der Waals surface area contributed by atoms with Crippen molar-refractivity contribution in [2.75, 3.05) is 13.6 Å². The number of hydrogen-bond donors (Lipinski definition) is 1. The molecule has 0 bridgehead atoms. The van der Waals surface area contributed by atoms with Crippen molar-refractivity contribution in [2.45, 2.75) is 26.2 Å². The van der Waals surface area contributed by atoms with Crippen LogP contribution < -0.4 is 5.32 Å². The van der Waals surface area contributed by atoms with E-state index in [1.54, 1.807) is 0 Å². The Kier molecular flexibility index (Phi) is 5.31. The monoisotopic (exact) mass is 191 g/mol. The zero-order valence-electron chi connectivity index (χ0n) is 9.29. The van der Waals surface area contributed by atoms with Crippen LogP contribution in [0.2, 0.25) is 0 Å². The fourth-order valence-electron chi connectivity index (χ4n) is 1.75. The molecule has 0 fully saturated rings. The molecule has 0 aliphatic carbocycles. The largest absolute Gasteiger partial charge is 0.319 e. The molecule has 78 valence electrons. The molecule has 1 aromatic carbocycles. The number of aryl methyl sites for hydroxylation is 1. The summed E-state index contributed by atoms with van der Waals surface area (Å²) >= 11 is 0. The lowest BCUT2D eigenvalue weighted by molar-refractivity contribution is 0.487. The first-order valence-electron chi connectivity index (χ1n) is 5.51. The maximum absolute atomic E-state index is 3.22. The van der Waals surface area contributed by atoms with Crippen molar-refractivity contribution in [1.29, 1.82) is 0 Å². The minimum Gasteiger partial charge on any atom is -0.319 e. The molecule has 0 saturated carbocycles. The molecule has 1 atom stereocenters. The third-order valence-corrected chi connectivity index (χ3v) is 2.56. The van der Waals surface area contributed by atoms with Gasteiger partial charge in [-0.2, -0.15) is 0 Å². The summed E-state index contributed by atoms with van der Waals surface area (Å²) in [7, 11) is 2.02. The standard InChI is InChI=1S/C13H21N/c1-12(11-14-2)7-6-10-13-8-4-3-5-9-13/h3-5,8-9,12,14H,6-7,10-11H2,1-2H3. The summed E-state index contributed by atoms with van der Waals surface area (Å²) in [5.41, 5.74) is 1.46. The Morgan fingerprint density at radius 3 is 2.57 bits per heavy atom. The van der Waals surface area contributed by atoms with Crippen LogP contribution in [-0.2, 0) is 6.42 Å². The van der Waals surface area contributed by atoms with Gasteiger partial charge in [0, 0.05) is 0 Å². The quantitative estimate of drug-likeness (QED) is 0.729. The van der Waals surface area contributed by atoms with Crippen molar-refractivity contribution in [3.8, 4) is 0 Å². The second kappa shape index (κ2) is 6.61. The van der Waals surface area contributed by atoms with Gasteiger partial charge >= 0.3 is 0 Å². The molecule has 0 saturated heterocycles. The average molecular weight is 191 g/mol. The van der Waals surface area contributed by atoms with E-state index in [1.165, 1.54) is 24.8 Å². The number of hydrogen-bond acceptors (Lipinski definition) is 1. The van der Waals surface area contributed by atoms with Crippen LogP contribution >= 0.6 is 0 Å². The molecule has 0 aliphatic heterocycles. The van der Waals surface area contributed by atoms with Crippen LogP contribution in [0.3, 0.4) is 0 Å². The molecule has 0 aliphatic rings. The third-order valence-electron chi connectivity index (χ3n) is 2.56. The van der Waals surface area contributed by atoms with Gasteiger partial charge in [0.05, 0.1) is 0 Å². The van der Waals surface area contributed by atoms with Crippen molar-refractivity contribution in [2.24, 2.45) is 5.92 Å². The Hall–Kier alpha value is -0.820. The summed E-state index contributed by atoms with van der Waals surface area (Å²) in [5.74, 6) is 0.795. The first kappa shape index (κ1) is 11.3. The summed E-state index contributed by atoms with van der Waals surface area (Å²) in [6.07, 6.45) is 3.83. The molecule has 1 unspecified atom stereocenters. The molecule has 0 radical (unpaired) electrons. The van der Waals surface area contributed by atoms with Crippen molar-refractivity contribution < 1.29 is 0 Å². The van der Waals surface area contributed by atoms with Gasteiger partial charge in [0.2, 0.25) is 0 Å². The second-order valence-electron chi connectivity index (χ2n) is 4.04. The molecular formula is C13H21N. The molecule has 14 heavy (non-hydrogen) atoms. The summed E-state index contributed by atoms with van der Waals surface area (Å²) in [5, 5.41) is 3.22. The van der Waals surface area contributed by atoms with E-state index in [2.05, 4.69) is 42.6 Å². The highest BCUT2D eigenvalue weighted by Crippen LogP contribution is 2.09. The third kappa shape index (κ3) is 4.43. The number of benzene rings is 1. The predicted octanol–water partition coefficient (Wildman–Crippen LogP) is 2.86. The van der Waals surface area contributed by atoms with Gasteiger partial charge in [-0.15, -0.1) is 0 Å². The zero-order valence-corrected chi connectivity index (χ0v) is 9.29. The van der Waals surface area contributed by atoms with Crippen LogP contribution in [0.4, 0.5) is 0 Å². The lowest BCUT2D eigenvalue weighted by atomic mass is 10.0. The highest BCUT2D eigenvalue weighted by Gasteiger charge is 2.00. The van der Waals surface area contributed by atoms with Crippen LogP contribution in [0.25, 0.3) is 0 Å².